The molecule has 4 heteroatoms. The molecule has 0 saturated carbocycles. The molecule has 0 spiro atoms. The molecule has 1 aliphatic heterocycles. The Morgan fingerprint density at radius 3 is 2.75 bits per heavy atom. The molecule has 4 nitrogen and oxygen atoms in total. The van der Waals surface area contributed by atoms with Gasteiger partial charge in [-0.3, -0.25) is 0 Å². The van der Waals surface area contributed by atoms with Crippen LogP contribution in [0.4, 0.5) is 11.4 Å². The summed E-state index contributed by atoms with van der Waals surface area (Å²) in [7, 11) is 0. The van der Waals surface area contributed by atoms with E-state index in [4.69, 9.17) is 0 Å². The van der Waals surface area contributed by atoms with Crippen LogP contribution in [0.5, 0.6) is 0 Å². The van der Waals surface area contributed by atoms with Crippen molar-refractivity contribution >= 4 is 17.7 Å². The van der Waals surface area contributed by atoms with Crippen molar-refractivity contribution in [1.29, 1.82) is 0 Å². The lowest BCUT2D eigenvalue weighted by Gasteiger charge is -2.39. The van der Waals surface area contributed by atoms with Gasteiger partial charge in [0.25, 0.3) is 0 Å². The van der Waals surface area contributed by atoms with Crippen LogP contribution in [0.3, 0.4) is 0 Å². The maximum atomic E-state index is 11.3. The quantitative estimate of drug-likeness (QED) is 0.594. The number of nitrogens with one attached hydrogen (secondary N) is 1. The van der Waals surface area contributed by atoms with E-state index in [9.17, 15) is 9.90 Å². The first-order valence-electron chi connectivity index (χ1n) is 7.53. The third kappa shape index (κ3) is 3.31. The van der Waals surface area contributed by atoms with Crippen molar-refractivity contribution in [1.82, 2.24) is 0 Å². The zero-order chi connectivity index (χ0) is 14.4. The van der Waals surface area contributed by atoms with Crippen LogP contribution in [0.1, 0.15) is 39.0 Å². The molecular weight excluding hydrogens is 252 g/mol. The first-order chi connectivity index (χ1) is 9.77. The Kier molecular flexibility index (Phi) is 5.41. The molecule has 1 aromatic rings. The van der Waals surface area contributed by atoms with Crippen LogP contribution in [-0.2, 0) is 4.79 Å². The highest BCUT2D eigenvalue weighted by atomic mass is 16.3. The Morgan fingerprint density at radius 1 is 1.25 bits per heavy atom. The largest absolute Gasteiger partial charge is 0.371 e. The first kappa shape index (κ1) is 14.9. The number of para-hydroxylation sites is 2. The molecule has 1 aliphatic rings. The highest BCUT2D eigenvalue weighted by molar-refractivity contribution is 5.79. The summed E-state index contributed by atoms with van der Waals surface area (Å²) in [4.78, 5) is 13.3. The van der Waals surface area contributed by atoms with Gasteiger partial charge in [-0.05, 0) is 18.6 Å². The molecule has 2 atom stereocenters. The molecule has 0 radical (unpaired) electrons. The Balaban J connectivity index is 2.04. The summed E-state index contributed by atoms with van der Waals surface area (Å²) < 4.78 is 0. The van der Waals surface area contributed by atoms with E-state index < -0.39 is 12.3 Å². The summed E-state index contributed by atoms with van der Waals surface area (Å²) in [5, 5.41) is 13.0. The lowest BCUT2D eigenvalue weighted by Crippen LogP contribution is -2.52. The second kappa shape index (κ2) is 7.29. The lowest BCUT2D eigenvalue weighted by atomic mass is 10.1. The minimum Gasteiger partial charge on any atom is -0.371 e. The number of aliphatic hydroxyl groups excluding tert-OH is 1. The summed E-state index contributed by atoms with van der Waals surface area (Å²) in [6, 6.07) is 7.32. The molecule has 0 amide bonds. The number of unbranched alkanes of at least 4 members (excludes halogenated alkanes) is 4. The summed E-state index contributed by atoms with van der Waals surface area (Å²) in [6.45, 7) is 3.01. The minimum atomic E-state index is -0.835. The molecule has 2 unspecified atom stereocenters. The molecule has 2 rings (SSSR count). The van der Waals surface area contributed by atoms with Crippen molar-refractivity contribution in [2.75, 3.05) is 16.8 Å². The number of rotatable bonds is 7. The molecule has 0 saturated heterocycles. The van der Waals surface area contributed by atoms with Gasteiger partial charge in [0, 0.05) is 6.54 Å². The number of aliphatic hydroxyl groups is 1. The zero-order valence-electron chi connectivity index (χ0n) is 12.1. The third-order valence-electron chi connectivity index (χ3n) is 3.84. The van der Waals surface area contributed by atoms with Gasteiger partial charge in [-0.2, -0.15) is 0 Å². The van der Waals surface area contributed by atoms with Crippen LogP contribution in [-0.4, -0.2) is 30.2 Å². The standard InChI is InChI=1S/C16H24N2O2/c1-2-3-4-5-8-11-18-14-10-7-6-9-13(14)17-16(20)15(18)12-19/h6-7,9-10,12,15-17,20H,2-5,8,11H2,1H3. The van der Waals surface area contributed by atoms with Crippen LogP contribution >= 0.6 is 0 Å². The maximum absolute atomic E-state index is 11.3. The van der Waals surface area contributed by atoms with Gasteiger partial charge in [0.05, 0.1) is 11.4 Å². The average molecular weight is 276 g/mol. The fraction of sp³-hybridized carbons (Fsp3) is 0.562. The number of carbonyl (C=O) groups is 1. The van der Waals surface area contributed by atoms with E-state index in [2.05, 4.69) is 12.2 Å². The van der Waals surface area contributed by atoms with Gasteiger partial charge < -0.3 is 20.1 Å². The Bertz CT molecular complexity index is 436. The second-order valence-corrected chi connectivity index (χ2v) is 5.34. The van der Waals surface area contributed by atoms with Crippen molar-refractivity contribution in [2.45, 2.75) is 51.3 Å². The Labute approximate surface area is 120 Å². The number of fused-ring (bicyclic) bond motifs is 1. The fourth-order valence-corrected chi connectivity index (χ4v) is 2.73. The molecule has 1 heterocycles. The molecule has 1 aromatic carbocycles. The highest BCUT2D eigenvalue weighted by Crippen LogP contribution is 2.32. The Morgan fingerprint density at radius 2 is 2.00 bits per heavy atom. The van der Waals surface area contributed by atoms with E-state index in [1.165, 1.54) is 25.7 Å². The summed E-state index contributed by atoms with van der Waals surface area (Å²) in [5.41, 5.74) is 1.90. The molecular formula is C16H24N2O2. The predicted octanol–water partition coefficient (Wildman–Crippen LogP) is 2.77. The maximum Gasteiger partial charge on any atom is 0.152 e. The van der Waals surface area contributed by atoms with E-state index in [1.54, 1.807) is 0 Å². The average Bonchev–Trinajstić information content (AvgIpc) is 2.46. The molecule has 0 aliphatic carbocycles. The number of hydrogen-bond acceptors (Lipinski definition) is 4. The number of aldehydes is 1. The number of carbonyl (C=O) groups excluding carboxylic acids is 1. The summed E-state index contributed by atoms with van der Waals surface area (Å²) >= 11 is 0. The number of anilines is 2. The predicted molar refractivity (Wildman–Crippen MR) is 82.0 cm³/mol. The second-order valence-electron chi connectivity index (χ2n) is 5.34. The smallest absolute Gasteiger partial charge is 0.152 e. The molecule has 0 aromatic heterocycles. The van der Waals surface area contributed by atoms with Gasteiger partial charge in [-0.1, -0.05) is 44.7 Å². The third-order valence-corrected chi connectivity index (χ3v) is 3.84. The number of benzene rings is 1. The molecule has 2 N–H and O–H groups in total. The van der Waals surface area contributed by atoms with Crippen LogP contribution in [0.25, 0.3) is 0 Å². The van der Waals surface area contributed by atoms with Gasteiger partial charge in [-0.25, -0.2) is 0 Å². The summed E-state index contributed by atoms with van der Waals surface area (Å²) in [6.07, 6.45) is 5.94. The topological polar surface area (TPSA) is 52.6 Å². The van der Waals surface area contributed by atoms with Crippen LogP contribution in [0, 0.1) is 0 Å². The molecule has 0 fully saturated rings. The molecule has 110 valence electrons. The van der Waals surface area contributed by atoms with E-state index in [-0.39, 0.29) is 0 Å². The van der Waals surface area contributed by atoms with Crippen LogP contribution < -0.4 is 10.2 Å². The number of hydrogen-bond donors (Lipinski definition) is 2. The van der Waals surface area contributed by atoms with Gasteiger partial charge in [0.15, 0.2) is 6.23 Å². The molecule has 0 bridgehead atoms. The van der Waals surface area contributed by atoms with Crippen LogP contribution in [0.15, 0.2) is 24.3 Å². The zero-order valence-corrected chi connectivity index (χ0v) is 12.1. The van der Waals surface area contributed by atoms with Crippen molar-refractivity contribution < 1.29 is 9.90 Å². The molecule has 20 heavy (non-hydrogen) atoms. The first-order valence-corrected chi connectivity index (χ1v) is 7.53. The van der Waals surface area contributed by atoms with Gasteiger partial charge >= 0.3 is 0 Å². The SMILES string of the molecule is CCCCCCCN1c2ccccc2NC(O)C1C=O. The van der Waals surface area contributed by atoms with Gasteiger partial charge in [-0.15, -0.1) is 0 Å². The van der Waals surface area contributed by atoms with Crippen molar-refractivity contribution in [3.63, 3.8) is 0 Å². The summed E-state index contributed by atoms with van der Waals surface area (Å²) in [5.74, 6) is 0. The van der Waals surface area contributed by atoms with Crippen molar-refractivity contribution in [3.05, 3.63) is 24.3 Å². The van der Waals surface area contributed by atoms with Gasteiger partial charge in [0.1, 0.15) is 12.3 Å². The van der Waals surface area contributed by atoms with E-state index in [1.807, 2.05) is 29.2 Å². The lowest BCUT2D eigenvalue weighted by molar-refractivity contribution is -0.110. The normalized spacial score (nSPS) is 21.2. The van der Waals surface area contributed by atoms with Crippen molar-refractivity contribution in [3.8, 4) is 0 Å². The van der Waals surface area contributed by atoms with E-state index >= 15 is 0 Å². The highest BCUT2D eigenvalue weighted by Gasteiger charge is 2.31. The van der Waals surface area contributed by atoms with Crippen LogP contribution in [0.2, 0.25) is 0 Å². The van der Waals surface area contributed by atoms with E-state index in [0.29, 0.717) is 0 Å². The Hall–Kier alpha value is -1.55. The minimum absolute atomic E-state index is 0.504. The van der Waals surface area contributed by atoms with Gasteiger partial charge in [0.2, 0.25) is 0 Å². The number of nitrogens with zero attached hydrogens (tertiary/aromatic N) is 1. The fourth-order valence-electron chi connectivity index (χ4n) is 2.73. The van der Waals surface area contributed by atoms with Crippen molar-refractivity contribution in [2.24, 2.45) is 0 Å². The van der Waals surface area contributed by atoms with E-state index in [0.717, 1.165) is 30.6 Å². The monoisotopic (exact) mass is 276 g/mol.